The summed E-state index contributed by atoms with van der Waals surface area (Å²) in [6.07, 6.45) is 3.62. The SMILES string of the molecule is Clc1cccc(-c2cc3ncccn3n2)c1. The van der Waals surface area contributed by atoms with Crippen LogP contribution in [0.4, 0.5) is 0 Å². The summed E-state index contributed by atoms with van der Waals surface area (Å²) >= 11 is 5.94. The van der Waals surface area contributed by atoms with Crippen molar-refractivity contribution in [2.75, 3.05) is 0 Å². The molecule has 0 aliphatic carbocycles. The van der Waals surface area contributed by atoms with E-state index in [-0.39, 0.29) is 0 Å². The van der Waals surface area contributed by atoms with Gasteiger partial charge in [-0.1, -0.05) is 23.7 Å². The molecule has 0 saturated heterocycles. The third-order valence-corrected chi connectivity index (χ3v) is 2.59. The van der Waals surface area contributed by atoms with Gasteiger partial charge in [-0.2, -0.15) is 5.10 Å². The van der Waals surface area contributed by atoms with Gasteiger partial charge >= 0.3 is 0 Å². The number of nitrogens with zero attached hydrogens (tertiary/aromatic N) is 3. The first-order valence-corrected chi connectivity index (χ1v) is 5.27. The van der Waals surface area contributed by atoms with E-state index in [0.717, 1.165) is 16.9 Å². The minimum absolute atomic E-state index is 0.711. The highest BCUT2D eigenvalue weighted by Crippen LogP contribution is 2.21. The Kier molecular flexibility index (Phi) is 2.11. The molecule has 0 radical (unpaired) electrons. The van der Waals surface area contributed by atoms with E-state index in [1.807, 2.05) is 42.6 Å². The largest absolute Gasteiger partial charge is 0.237 e. The van der Waals surface area contributed by atoms with Crippen LogP contribution >= 0.6 is 11.6 Å². The first-order chi connectivity index (χ1) is 7.83. The Balaban J connectivity index is 2.19. The molecule has 0 unspecified atom stereocenters. The van der Waals surface area contributed by atoms with Crippen LogP contribution in [-0.4, -0.2) is 14.6 Å². The van der Waals surface area contributed by atoms with Gasteiger partial charge in [0.1, 0.15) is 0 Å². The molecule has 3 rings (SSSR count). The number of hydrogen-bond acceptors (Lipinski definition) is 2. The zero-order valence-electron chi connectivity index (χ0n) is 8.34. The van der Waals surface area contributed by atoms with Crippen LogP contribution in [0.25, 0.3) is 16.9 Å². The third-order valence-electron chi connectivity index (χ3n) is 2.36. The van der Waals surface area contributed by atoms with Gasteiger partial charge in [-0.05, 0) is 18.2 Å². The summed E-state index contributed by atoms with van der Waals surface area (Å²) in [5.41, 5.74) is 2.71. The van der Waals surface area contributed by atoms with Crippen LogP contribution in [0.3, 0.4) is 0 Å². The van der Waals surface area contributed by atoms with Gasteiger partial charge in [0.2, 0.25) is 0 Å². The van der Waals surface area contributed by atoms with Crippen LogP contribution in [-0.2, 0) is 0 Å². The van der Waals surface area contributed by atoms with E-state index in [9.17, 15) is 0 Å². The van der Waals surface area contributed by atoms with Crippen molar-refractivity contribution in [3.8, 4) is 11.3 Å². The van der Waals surface area contributed by atoms with Crippen LogP contribution in [0, 0.1) is 0 Å². The van der Waals surface area contributed by atoms with Gasteiger partial charge < -0.3 is 0 Å². The van der Waals surface area contributed by atoms with Crippen molar-refractivity contribution in [2.45, 2.75) is 0 Å². The Morgan fingerprint density at radius 3 is 2.88 bits per heavy atom. The molecule has 78 valence electrons. The summed E-state index contributed by atoms with van der Waals surface area (Å²) in [5.74, 6) is 0. The van der Waals surface area contributed by atoms with Crippen molar-refractivity contribution in [1.82, 2.24) is 14.6 Å². The van der Waals surface area contributed by atoms with Crippen molar-refractivity contribution in [2.24, 2.45) is 0 Å². The molecule has 0 spiro atoms. The highest BCUT2D eigenvalue weighted by Gasteiger charge is 2.04. The Morgan fingerprint density at radius 2 is 2.06 bits per heavy atom. The van der Waals surface area contributed by atoms with Crippen molar-refractivity contribution >= 4 is 17.2 Å². The maximum atomic E-state index is 5.94. The van der Waals surface area contributed by atoms with Crippen LogP contribution in [0.5, 0.6) is 0 Å². The van der Waals surface area contributed by atoms with E-state index in [1.54, 1.807) is 10.7 Å². The van der Waals surface area contributed by atoms with Gasteiger partial charge in [-0.25, -0.2) is 9.50 Å². The Hall–Kier alpha value is -1.87. The molecular weight excluding hydrogens is 222 g/mol. The number of hydrogen-bond donors (Lipinski definition) is 0. The van der Waals surface area contributed by atoms with Gasteiger partial charge in [-0.15, -0.1) is 0 Å². The number of rotatable bonds is 1. The lowest BCUT2D eigenvalue weighted by Gasteiger charge is -1.95. The number of fused-ring (bicyclic) bond motifs is 1. The van der Waals surface area contributed by atoms with E-state index in [2.05, 4.69) is 10.1 Å². The van der Waals surface area contributed by atoms with Crippen molar-refractivity contribution < 1.29 is 0 Å². The summed E-state index contributed by atoms with van der Waals surface area (Å²) in [7, 11) is 0. The average Bonchev–Trinajstić information content (AvgIpc) is 2.72. The molecule has 1 aromatic carbocycles. The lowest BCUT2D eigenvalue weighted by atomic mass is 10.2. The zero-order valence-corrected chi connectivity index (χ0v) is 9.09. The van der Waals surface area contributed by atoms with Gasteiger partial charge in [-0.3, -0.25) is 0 Å². The van der Waals surface area contributed by atoms with Gasteiger partial charge in [0.05, 0.1) is 5.69 Å². The molecule has 0 atom stereocenters. The smallest absolute Gasteiger partial charge is 0.155 e. The van der Waals surface area contributed by atoms with Crippen molar-refractivity contribution in [3.63, 3.8) is 0 Å². The van der Waals surface area contributed by atoms with Gasteiger partial charge in [0.15, 0.2) is 5.65 Å². The lowest BCUT2D eigenvalue weighted by Crippen LogP contribution is -1.87. The fraction of sp³-hybridized carbons (Fsp3) is 0. The maximum absolute atomic E-state index is 5.94. The number of benzene rings is 1. The minimum atomic E-state index is 0.711. The second kappa shape index (κ2) is 3.61. The van der Waals surface area contributed by atoms with Crippen LogP contribution in [0.15, 0.2) is 48.8 Å². The highest BCUT2D eigenvalue weighted by atomic mass is 35.5. The van der Waals surface area contributed by atoms with E-state index in [4.69, 9.17) is 11.6 Å². The standard InChI is InChI=1S/C12H8ClN3/c13-10-4-1-3-9(7-10)11-8-12-14-5-2-6-16(12)15-11/h1-8H. The summed E-state index contributed by atoms with van der Waals surface area (Å²) < 4.78 is 1.75. The third kappa shape index (κ3) is 1.55. The zero-order chi connectivity index (χ0) is 11.0. The average molecular weight is 230 g/mol. The maximum Gasteiger partial charge on any atom is 0.155 e. The Bertz CT molecular complexity index is 612. The molecule has 2 aromatic heterocycles. The fourth-order valence-corrected chi connectivity index (χ4v) is 1.81. The van der Waals surface area contributed by atoms with Gasteiger partial charge in [0, 0.05) is 29.0 Å². The molecule has 4 heteroatoms. The van der Waals surface area contributed by atoms with E-state index in [1.165, 1.54) is 0 Å². The molecule has 2 heterocycles. The summed E-state index contributed by atoms with van der Waals surface area (Å²) in [6.45, 7) is 0. The Morgan fingerprint density at radius 1 is 1.12 bits per heavy atom. The van der Waals surface area contributed by atoms with Gasteiger partial charge in [0.25, 0.3) is 0 Å². The highest BCUT2D eigenvalue weighted by molar-refractivity contribution is 6.30. The van der Waals surface area contributed by atoms with E-state index >= 15 is 0 Å². The van der Waals surface area contributed by atoms with Crippen LogP contribution in [0.1, 0.15) is 0 Å². The van der Waals surface area contributed by atoms with Crippen LogP contribution in [0.2, 0.25) is 5.02 Å². The summed E-state index contributed by atoms with van der Waals surface area (Å²) in [5, 5.41) is 5.13. The molecule has 16 heavy (non-hydrogen) atoms. The molecule has 0 amide bonds. The van der Waals surface area contributed by atoms with Crippen molar-refractivity contribution in [3.05, 3.63) is 53.8 Å². The Labute approximate surface area is 97.3 Å². The number of aromatic nitrogens is 3. The topological polar surface area (TPSA) is 30.2 Å². The molecule has 3 nitrogen and oxygen atoms in total. The molecule has 0 saturated carbocycles. The van der Waals surface area contributed by atoms with E-state index < -0.39 is 0 Å². The van der Waals surface area contributed by atoms with Crippen molar-refractivity contribution in [1.29, 1.82) is 0 Å². The fourth-order valence-electron chi connectivity index (χ4n) is 1.62. The normalized spacial score (nSPS) is 10.8. The second-order valence-corrected chi connectivity index (χ2v) is 3.90. The van der Waals surface area contributed by atoms with Crippen LogP contribution < -0.4 is 0 Å². The first kappa shape index (κ1) is 9.36. The summed E-state index contributed by atoms with van der Waals surface area (Å²) in [6, 6.07) is 11.4. The molecule has 0 aliphatic heterocycles. The minimum Gasteiger partial charge on any atom is -0.237 e. The molecule has 0 N–H and O–H groups in total. The summed E-state index contributed by atoms with van der Waals surface area (Å²) in [4.78, 5) is 4.22. The predicted octanol–water partition coefficient (Wildman–Crippen LogP) is 3.05. The molecule has 3 aromatic rings. The molecule has 0 fully saturated rings. The molecule has 0 aliphatic rings. The monoisotopic (exact) mass is 229 g/mol. The number of halogens is 1. The lowest BCUT2D eigenvalue weighted by molar-refractivity contribution is 0.943. The predicted molar refractivity (Wildman–Crippen MR) is 63.4 cm³/mol. The first-order valence-electron chi connectivity index (χ1n) is 4.89. The molecule has 0 bridgehead atoms. The second-order valence-electron chi connectivity index (χ2n) is 3.46. The quantitative estimate of drug-likeness (QED) is 0.642. The van der Waals surface area contributed by atoms with E-state index in [0.29, 0.717) is 5.02 Å². The molecular formula is C12H8ClN3.